The zero-order chi connectivity index (χ0) is 15.4. The number of hydrogen-bond acceptors (Lipinski definition) is 3. The predicted molar refractivity (Wildman–Crippen MR) is 78.9 cm³/mol. The number of aliphatic carboxylic acids is 1. The van der Waals surface area contributed by atoms with Gasteiger partial charge in [0.05, 0.1) is 24.0 Å². The molecule has 2 bridgehead atoms. The van der Waals surface area contributed by atoms with E-state index in [0.717, 1.165) is 51.6 Å². The van der Waals surface area contributed by atoms with Crippen molar-refractivity contribution in [3.05, 3.63) is 0 Å². The lowest BCUT2D eigenvalue weighted by Gasteiger charge is -2.30. The van der Waals surface area contributed by atoms with Crippen molar-refractivity contribution in [2.24, 2.45) is 11.8 Å². The molecule has 2 aliphatic rings. The highest BCUT2D eigenvalue weighted by Gasteiger charge is 2.56. The minimum Gasteiger partial charge on any atom is -0.481 e. The third-order valence-electron chi connectivity index (χ3n) is 4.72. The first kappa shape index (κ1) is 16.3. The molecule has 21 heavy (non-hydrogen) atoms. The molecule has 2 fully saturated rings. The number of nitrogens with zero attached hydrogens (tertiary/aromatic N) is 1. The Balaban J connectivity index is 2.08. The van der Waals surface area contributed by atoms with Crippen LogP contribution in [0.4, 0.5) is 0 Å². The fourth-order valence-electron chi connectivity index (χ4n) is 3.55. The van der Waals surface area contributed by atoms with Gasteiger partial charge in [0.25, 0.3) is 0 Å². The lowest BCUT2D eigenvalue weighted by molar-refractivity contribution is -0.151. The molecule has 0 unspecified atom stereocenters. The number of fused-ring (bicyclic) bond motifs is 2. The van der Waals surface area contributed by atoms with Crippen molar-refractivity contribution < 1.29 is 19.4 Å². The average molecular weight is 297 g/mol. The number of rotatable bonds is 8. The van der Waals surface area contributed by atoms with Gasteiger partial charge in [-0.3, -0.25) is 9.59 Å². The number of ether oxygens (including phenoxy) is 1. The molecule has 2 aliphatic heterocycles. The summed E-state index contributed by atoms with van der Waals surface area (Å²) < 4.78 is 5.71. The van der Waals surface area contributed by atoms with Crippen molar-refractivity contribution in [2.75, 3.05) is 13.1 Å². The second-order valence-corrected chi connectivity index (χ2v) is 6.21. The minimum atomic E-state index is -0.883. The van der Waals surface area contributed by atoms with E-state index in [1.165, 1.54) is 0 Å². The van der Waals surface area contributed by atoms with Crippen LogP contribution in [0.15, 0.2) is 0 Å². The number of carboxylic acid groups (broad SMARTS) is 1. The zero-order valence-corrected chi connectivity index (χ0v) is 13.1. The van der Waals surface area contributed by atoms with Crippen molar-refractivity contribution >= 4 is 11.9 Å². The third kappa shape index (κ3) is 3.39. The molecule has 1 amide bonds. The van der Waals surface area contributed by atoms with E-state index in [1.807, 2.05) is 4.90 Å². The quantitative estimate of drug-likeness (QED) is 0.746. The van der Waals surface area contributed by atoms with Gasteiger partial charge in [0.1, 0.15) is 0 Å². The maximum absolute atomic E-state index is 12.8. The number of carbonyl (C=O) groups is 2. The summed E-state index contributed by atoms with van der Waals surface area (Å²) in [4.78, 5) is 26.2. The van der Waals surface area contributed by atoms with Crippen molar-refractivity contribution in [3.63, 3.8) is 0 Å². The highest BCUT2D eigenvalue weighted by atomic mass is 16.5. The molecule has 0 saturated carbocycles. The van der Waals surface area contributed by atoms with Crippen LogP contribution in [-0.4, -0.2) is 47.2 Å². The lowest BCUT2D eigenvalue weighted by Crippen LogP contribution is -2.46. The minimum absolute atomic E-state index is 0.00324. The molecule has 0 aromatic heterocycles. The van der Waals surface area contributed by atoms with Crippen molar-refractivity contribution in [2.45, 2.75) is 64.6 Å². The maximum atomic E-state index is 12.8. The summed E-state index contributed by atoms with van der Waals surface area (Å²) in [6.45, 7) is 5.66. The van der Waals surface area contributed by atoms with Gasteiger partial charge in [0.15, 0.2) is 0 Å². The summed E-state index contributed by atoms with van der Waals surface area (Å²) in [5, 5.41) is 9.44. The van der Waals surface area contributed by atoms with Crippen LogP contribution in [0.1, 0.15) is 52.4 Å². The van der Waals surface area contributed by atoms with E-state index in [0.29, 0.717) is 0 Å². The normalized spacial score (nSPS) is 30.6. The molecule has 2 saturated heterocycles. The second-order valence-electron chi connectivity index (χ2n) is 6.21. The molecular formula is C16H27NO4. The van der Waals surface area contributed by atoms with Gasteiger partial charge in [-0.25, -0.2) is 0 Å². The summed E-state index contributed by atoms with van der Waals surface area (Å²) in [7, 11) is 0. The van der Waals surface area contributed by atoms with E-state index < -0.39 is 17.8 Å². The molecule has 5 nitrogen and oxygen atoms in total. The van der Waals surface area contributed by atoms with Gasteiger partial charge in [0.2, 0.25) is 5.91 Å². The van der Waals surface area contributed by atoms with E-state index >= 15 is 0 Å². The number of unbranched alkanes of at least 4 members (excludes halogenated alkanes) is 2. The van der Waals surface area contributed by atoms with Gasteiger partial charge in [0, 0.05) is 13.1 Å². The molecular weight excluding hydrogens is 270 g/mol. The Bertz CT molecular complexity index is 376. The molecule has 2 heterocycles. The molecule has 0 spiro atoms. The fourth-order valence-corrected chi connectivity index (χ4v) is 3.55. The summed E-state index contributed by atoms with van der Waals surface area (Å²) >= 11 is 0. The summed E-state index contributed by atoms with van der Waals surface area (Å²) in [5.41, 5.74) is 0. The van der Waals surface area contributed by atoms with Crippen molar-refractivity contribution in [1.29, 1.82) is 0 Å². The Morgan fingerprint density at radius 3 is 2.05 bits per heavy atom. The molecule has 0 radical (unpaired) electrons. The Labute approximate surface area is 126 Å². The summed E-state index contributed by atoms with van der Waals surface area (Å²) in [5.74, 6) is -2.01. The molecule has 2 rings (SSSR count). The number of amides is 1. The van der Waals surface area contributed by atoms with Crippen LogP contribution in [0.25, 0.3) is 0 Å². The maximum Gasteiger partial charge on any atom is 0.310 e. The molecule has 0 aromatic rings. The van der Waals surface area contributed by atoms with Gasteiger partial charge in [-0.1, -0.05) is 26.7 Å². The van der Waals surface area contributed by atoms with Gasteiger partial charge in [-0.15, -0.1) is 0 Å². The molecule has 4 atom stereocenters. The Morgan fingerprint density at radius 2 is 1.57 bits per heavy atom. The first-order chi connectivity index (χ1) is 10.1. The van der Waals surface area contributed by atoms with Crippen LogP contribution in [-0.2, 0) is 14.3 Å². The summed E-state index contributed by atoms with van der Waals surface area (Å²) in [6, 6.07) is 0. The van der Waals surface area contributed by atoms with E-state index in [-0.39, 0.29) is 18.1 Å². The predicted octanol–water partition coefficient (Wildman–Crippen LogP) is 2.29. The highest BCUT2D eigenvalue weighted by molar-refractivity contribution is 5.86. The summed E-state index contributed by atoms with van der Waals surface area (Å²) in [6.07, 6.45) is 5.14. The van der Waals surface area contributed by atoms with Crippen molar-refractivity contribution in [1.82, 2.24) is 4.90 Å². The van der Waals surface area contributed by atoms with Crippen LogP contribution >= 0.6 is 0 Å². The standard InChI is InChI=1S/C16H27NO4/c1-3-5-9-17(10-6-4-2)15(18)13-11-7-8-12(21-11)14(13)16(19)20/h11-14H,3-10H2,1-2H3,(H,19,20)/t11-,12-,13-,14+/m1/s1. The van der Waals surface area contributed by atoms with Crippen LogP contribution in [0.2, 0.25) is 0 Å². The SMILES string of the molecule is CCCCN(CCCC)C(=O)[C@H]1[C@@H](C(=O)O)[C@H]2CC[C@H]1O2. The number of carboxylic acids is 1. The van der Waals surface area contributed by atoms with Crippen LogP contribution in [0, 0.1) is 11.8 Å². The monoisotopic (exact) mass is 297 g/mol. The number of hydrogen-bond donors (Lipinski definition) is 1. The van der Waals surface area contributed by atoms with Crippen LogP contribution in [0.5, 0.6) is 0 Å². The fraction of sp³-hybridized carbons (Fsp3) is 0.875. The lowest BCUT2D eigenvalue weighted by atomic mass is 9.78. The van der Waals surface area contributed by atoms with E-state index in [9.17, 15) is 14.7 Å². The Morgan fingerprint density at radius 1 is 1.05 bits per heavy atom. The zero-order valence-electron chi connectivity index (χ0n) is 13.1. The topological polar surface area (TPSA) is 66.8 Å². The van der Waals surface area contributed by atoms with Gasteiger partial charge in [-0.2, -0.15) is 0 Å². The van der Waals surface area contributed by atoms with Gasteiger partial charge >= 0.3 is 5.97 Å². The van der Waals surface area contributed by atoms with Crippen LogP contribution < -0.4 is 0 Å². The largest absolute Gasteiger partial charge is 0.481 e. The first-order valence-corrected chi connectivity index (χ1v) is 8.27. The van der Waals surface area contributed by atoms with E-state index in [1.54, 1.807) is 0 Å². The van der Waals surface area contributed by atoms with Gasteiger partial charge < -0.3 is 14.7 Å². The molecule has 120 valence electrons. The smallest absolute Gasteiger partial charge is 0.310 e. The van der Waals surface area contributed by atoms with E-state index in [4.69, 9.17) is 4.74 Å². The van der Waals surface area contributed by atoms with Gasteiger partial charge in [-0.05, 0) is 25.7 Å². The molecule has 0 aliphatic carbocycles. The number of carbonyl (C=O) groups excluding carboxylic acids is 1. The first-order valence-electron chi connectivity index (χ1n) is 8.27. The Kier molecular flexibility index (Phi) is 5.62. The molecule has 0 aromatic carbocycles. The molecule has 5 heteroatoms. The van der Waals surface area contributed by atoms with Crippen molar-refractivity contribution in [3.8, 4) is 0 Å². The van der Waals surface area contributed by atoms with Crippen LogP contribution in [0.3, 0.4) is 0 Å². The van der Waals surface area contributed by atoms with E-state index in [2.05, 4.69) is 13.8 Å². The highest BCUT2D eigenvalue weighted by Crippen LogP contribution is 2.44. The second kappa shape index (κ2) is 7.25. The average Bonchev–Trinajstić information content (AvgIpc) is 3.07. The molecule has 1 N–H and O–H groups in total. The Hall–Kier alpha value is -1.10. The third-order valence-corrected chi connectivity index (χ3v) is 4.72.